The second-order valence-electron chi connectivity index (χ2n) is 4.05. The van der Waals surface area contributed by atoms with Crippen molar-refractivity contribution in [1.29, 1.82) is 0 Å². The first-order valence-electron chi connectivity index (χ1n) is 5.22. The Kier molecular flexibility index (Phi) is 2.81. The summed E-state index contributed by atoms with van der Waals surface area (Å²) in [6, 6.07) is 3.15. The highest BCUT2D eigenvalue weighted by atomic mass is 19.1. The van der Waals surface area contributed by atoms with Gasteiger partial charge in [0.2, 0.25) is 5.91 Å². The maximum atomic E-state index is 13.5. The molecule has 1 atom stereocenters. The van der Waals surface area contributed by atoms with Crippen LogP contribution in [0.2, 0.25) is 0 Å². The molecule has 0 radical (unpaired) electrons. The zero-order valence-electron chi connectivity index (χ0n) is 9.34. The van der Waals surface area contributed by atoms with Crippen molar-refractivity contribution in [2.45, 2.75) is 19.3 Å². The molecule has 4 heteroatoms. The molecule has 1 amide bonds. The molecule has 86 valence electrons. The van der Waals surface area contributed by atoms with E-state index in [0.717, 1.165) is 5.56 Å². The number of carbonyl (C=O) groups is 1. The topological polar surface area (TPSA) is 38.3 Å². The van der Waals surface area contributed by atoms with Crippen LogP contribution in [0.1, 0.15) is 23.5 Å². The van der Waals surface area contributed by atoms with Gasteiger partial charge in [-0.05, 0) is 24.6 Å². The van der Waals surface area contributed by atoms with Crippen LogP contribution >= 0.6 is 0 Å². The van der Waals surface area contributed by atoms with Crippen LogP contribution in [0.15, 0.2) is 12.1 Å². The number of rotatable bonds is 2. The summed E-state index contributed by atoms with van der Waals surface area (Å²) in [6.45, 7) is 2.25. The number of ether oxygens (including phenoxy) is 1. The molecule has 0 saturated carbocycles. The van der Waals surface area contributed by atoms with Crippen LogP contribution in [-0.4, -0.2) is 19.6 Å². The normalized spacial score (nSPS) is 19.7. The first-order valence-corrected chi connectivity index (χ1v) is 5.22. The Morgan fingerprint density at radius 1 is 1.50 bits per heavy atom. The van der Waals surface area contributed by atoms with E-state index < -0.39 is 0 Å². The van der Waals surface area contributed by atoms with E-state index in [4.69, 9.17) is 4.74 Å². The minimum Gasteiger partial charge on any atom is -0.496 e. The Hall–Kier alpha value is -1.58. The summed E-state index contributed by atoms with van der Waals surface area (Å²) in [5.74, 6) is 0.418. The molecule has 0 aliphatic carbocycles. The van der Waals surface area contributed by atoms with Gasteiger partial charge in [-0.25, -0.2) is 4.39 Å². The highest BCUT2D eigenvalue weighted by Gasteiger charge is 2.26. The van der Waals surface area contributed by atoms with E-state index >= 15 is 0 Å². The Bertz CT molecular complexity index is 431. The van der Waals surface area contributed by atoms with Gasteiger partial charge in [-0.15, -0.1) is 0 Å². The number of benzene rings is 1. The number of hydrogen-bond donors (Lipinski definition) is 1. The van der Waals surface area contributed by atoms with Crippen LogP contribution in [-0.2, 0) is 4.79 Å². The standard InChI is InChI=1S/C12H14FNO2/c1-7-3-11(16-2)9(5-10(7)13)8-4-12(15)14-6-8/h3,5,8H,4,6H2,1-2H3,(H,14,15). The number of aryl methyl sites for hydroxylation is 1. The fourth-order valence-corrected chi connectivity index (χ4v) is 1.99. The third kappa shape index (κ3) is 1.87. The lowest BCUT2D eigenvalue weighted by Crippen LogP contribution is -2.13. The van der Waals surface area contributed by atoms with Crippen molar-refractivity contribution in [2.24, 2.45) is 0 Å². The Morgan fingerprint density at radius 3 is 2.81 bits per heavy atom. The molecule has 16 heavy (non-hydrogen) atoms. The third-order valence-electron chi connectivity index (χ3n) is 2.93. The maximum absolute atomic E-state index is 13.5. The SMILES string of the molecule is COc1cc(C)c(F)cc1C1CNC(=O)C1. The van der Waals surface area contributed by atoms with Crippen molar-refractivity contribution in [3.05, 3.63) is 29.1 Å². The van der Waals surface area contributed by atoms with Crippen molar-refractivity contribution in [3.63, 3.8) is 0 Å². The lowest BCUT2D eigenvalue weighted by Gasteiger charge is -2.14. The number of methoxy groups -OCH3 is 1. The molecule has 0 spiro atoms. The van der Waals surface area contributed by atoms with Crippen molar-refractivity contribution >= 4 is 5.91 Å². The molecular formula is C12H14FNO2. The largest absolute Gasteiger partial charge is 0.496 e. The fourth-order valence-electron chi connectivity index (χ4n) is 1.99. The van der Waals surface area contributed by atoms with Crippen molar-refractivity contribution < 1.29 is 13.9 Å². The van der Waals surface area contributed by atoms with E-state index in [1.165, 1.54) is 6.07 Å². The smallest absolute Gasteiger partial charge is 0.220 e. The number of halogens is 1. The molecule has 1 unspecified atom stereocenters. The summed E-state index contributed by atoms with van der Waals surface area (Å²) in [7, 11) is 1.56. The lowest BCUT2D eigenvalue weighted by molar-refractivity contribution is -0.119. The summed E-state index contributed by atoms with van der Waals surface area (Å²) < 4.78 is 18.7. The molecular weight excluding hydrogens is 209 g/mol. The van der Waals surface area contributed by atoms with Crippen molar-refractivity contribution in [1.82, 2.24) is 5.32 Å². The van der Waals surface area contributed by atoms with Gasteiger partial charge in [0.15, 0.2) is 0 Å². The van der Waals surface area contributed by atoms with Crippen LogP contribution in [0, 0.1) is 12.7 Å². The van der Waals surface area contributed by atoms with Crippen LogP contribution < -0.4 is 10.1 Å². The Morgan fingerprint density at radius 2 is 2.25 bits per heavy atom. The van der Waals surface area contributed by atoms with Gasteiger partial charge in [-0.2, -0.15) is 0 Å². The van der Waals surface area contributed by atoms with Gasteiger partial charge in [-0.1, -0.05) is 0 Å². The van der Waals surface area contributed by atoms with Gasteiger partial charge in [0.1, 0.15) is 11.6 Å². The van der Waals surface area contributed by atoms with Gasteiger partial charge in [-0.3, -0.25) is 4.79 Å². The van der Waals surface area contributed by atoms with Gasteiger partial charge >= 0.3 is 0 Å². The first-order chi connectivity index (χ1) is 7.61. The molecule has 1 heterocycles. The summed E-state index contributed by atoms with van der Waals surface area (Å²) in [5.41, 5.74) is 1.32. The molecule has 0 aromatic heterocycles. The van der Waals surface area contributed by atoms with Crippen LogP contribution in [0.5, 0.6) is 5.75 Å². The maximum Gasteiger partial charge on any atom is 0.220 e. The second kappa shape index (κ2) is 4.12. The summed E-state index contributed by atoms with van der Waals surface area (Å²) >= 11 is 0. The monoisotopic (exact) mass is 223 g/mol. The zero-order chi connectivity index (χ0) is 11.7. The molecule has 1 saturated heterocycles. The van der Waals surface area contributed by atoms with E-state index in [1.807, 2.05) is 0 Å². The Labute approximate surface area is 93.6 Å². The Balaban J connectivity index is 2.39. The average molecular weight is 223 g/mol. The molecule has 1 aliphatic rings. The van der Waals surface area contributed by atoms with Crippen LogP contribution in [0.3, 0.4) is 0 Å². The molecule has 3 nitrogen and oxygen atoms in total. The highest BCUT2D eigenvalue weighted by Crippen LogP contribution is 2.32. The van der Waals surface area contributed by atoms with E-state index in [9.17, 15) is 9.18 Å². The number of nitrogens with one attached hydrogen (secondary N) is 1. The quantitative estimate of drug-likeness (QED) is 0.829. The highest BCUT2D eigenvalue weighted by molar-refractivity contribution is 5.79. The molecule has 1 fully saturated rings. The van der Waals surface area contributed by atoms with Crippen molar-refractivity contribution in [3.8, 4) is 5.75 Å². The third-order valence-corrected chi connectivity index (χ3v) is 2.93. The molecule has 1 aliphatic heterocycles. The van der Waals surface area contributed by atoms with Crippen LogP contribution in [0.4, 0.5) is 4.39 Å². The van der Waals surface area contributed by atoms with Gasteiger partial charge in [0.25, 0.3) is 0 Å². The van der Waals surface area contributed by atoms with Gasteiger partial charge in [0, 0.05) is 24.4 Å². The zero-order valence-corrected chi connectivity index (χ0v) is 9.34. The summed E-state index contributed by atoms with van der Waals surface area (Å²) in [4.78, 5) is 11.1. The fraction of sp³-hybridized carbons (Fsp3) is 0.417. The van der Waals surface area contributed by atoms with Gasteiger partial charge < -0.3 is 10.1 Å². The number of amides is 1. The minimum absolute atomic E-state index is 0.00744. The van der Waals surface area contributed by atoms with E-state index in [-0.39, 0.29) is 17.6 Å². The first kappa shape index (κ1) is 10.9. The molecule has 1 aromatic carbocycles. The molecule has 1 aromatic rings. The van der Waals surface area contributed by atoms with Gasteiger partial charge in [0.05, 0.1) is 7.11 Å². The average Bonchev–Trinajstić information content (AvgIpc) is 2.68. The van der Waals surface area contributed by atoms with E-state index in [1.54, 1.807) is 20.1 Å². The predicted molar refractivity (Wildman–Crippen MR) is 58.1 cm³/mol. The van der Waals surface area contributed by atoms with Crippen LogP contribution in [0.25, 0.3) is 0 Å². The molecule has 2 rings (SSSR count). The second-order valence-corrected chi connectivity index (χ2v) is 4.05. The number of carbonyl (C=O) groups excluding carboxylic acids is 1. The van der Waals surface area contributed by atoms with E-state index in [2.05, 4.69) is 5.32 Å². The molecule has 1 N–H and O–H groups in total. The number of hydrogen-bond acceptors (Lipinski definition) is 2. The van der Waals surface area contributed by atoms with Crippen molar-refractivity contribution in [2.75, 3.05) is 13.7 Å². The summed E-state index contributed by atoms with van der Waals surface area (Å²) in [5, 5.41) is 2.74. The lowest BCUT2D eigenvalue weighted by atomic mass is 9.96. The van der Waals surface area contributed by atoms with E-state index in [0.29, 0.717) is 24.3 Å². The predicted octanol–water partition coefficient (Wildman–Crippen LogP) is 1.75. The minimum atomic E-state index is -0.254. The summed E-state index contributed by atoms with van der Waals surface area (Å²) in [6.07, 6.45) is 0.402. The molecule has 0 bridgehead atoms.